The summed E-state index contributed by atoms with van der Waals surface area (Å²) in [4.78, 5) is 23.2. The molecule has 180 valence electrons. The molecule has 35 heavy (non-hydrogen) atoms. The monoisotopic (exact) mass is 481 g/mol. The van der Waals surface area contributed by atoms with Crippen LogP contribution >= 0.6 is 0 Å². The van der Waals surface area contributed by atoms with Crippen LogP contribution in [0.5, 0.6) is 0 Å². The summed E-state index contributed by atoms with van der Waals surface area (Å²) in [5.74, 6) is -1.50. The summed E-state index contributed by atoms with van der Waals surface area (Å²) in [6.07, 6.45) is -2.29. The summed E-state index contributed by atoms with van der Waals surface area (Å²) in [6, 6.07) is 18.8. The minimum absolute atomic E-state index is 0.0670. The van der Waals surface area contributed by atoms with Gasteiger partial charge >= 0.3 is 18.2 Å². The highest BCUT2D eigenvalue weighted by atomic mass is 19.4. The van der Waals surface area contributed by atoms with E-state index in [4.69, 9.17) is 9.84 Å². The predicted molar refractivity (Wildman–Crippen MR) is 125 cm³/mol. The molecule has 0 spiro atoms. The second kappa shape index (κ2) is 10.0. The maximum absolute atomic E-state index is 13.3. The van der Waals surface area contributed by atoms with Crippen molar-refractivity contribution in [2.45, 2.75) is 18.5 Å². The Morgan fingerprint density at radius 1 is 0.971 bits per heavy atom. The fourth-order valence-corrected chi connectivity index (χ4v) is 4.20. The third-order valence-corrected chi connectivity index (χ3v) is 5.83. The van der Waals surface area contributed by atoms with Crippen molar-refractivity contribution in [3.63, 3.8) is 0 Å². The lowest BCUT2D eigenvalue weighted by atomic mass is 9.98. The summed E-state index contributed by atoms with van der Waals surface area (Å²) < 4.78 is 45.2. The molecule has 0 saturated heterocycles. The molecule has 0 saturated carbocycles. The van der Waals surface area contributed by atoms with E-state index in [2.05, 4.69) is 5.32 Å². The number of halogens is 3. The molecule has 1 aliphatic carbocycles. The summed E-state index contributed by atoms with van der Waals surface area (Å²) in [5.41, 5.74) is 2.82. The summed E-state index contributed by atoms with van der Waals surface area (Å²) >= 11 is 0. The first kappa shape index (κ1) is 24.1. The summed E-state index contributed by atoms with van der Waals surface area (Å²) in [6.45, 7) is 0.336. The standard InChI is InChI=1S/C27H22F3NO4/c28-27(29,30)24-15-18(25(32)33)13-12-17(24)7-5-6-14-31-26(34)35-16-23-21-10-3-1-8-19(21)20-9-2-4-11-22(20)23/h1-5,7-13,15,23H,6,14,16H2,(H,31,34)(H,32,33). The van der Waals surface area contributed by atoms with Crippen molar-refractivity contribution in [2.75, 3.05) is 13.2 Å². The van der Waals surface area contributed by atoms with Crippen molar-refractivity contribution in [1.82, 2.24) is 5.32 Å². The average Bonchev–Trinajstić information content (AvgIpc) is 3.15. The Hall–Kier alpha value is -4.07. The molecule has 2 N–H and O–H groups in total. The maximum atomic E-state index is 13.3. The first-order chi connectivity index (χ1) is 16.8. The minimum Gasteiger partial charge on any atom is -0.478 e. The Kier molecular flexibility index (Phi) is 6.91. The number of aromatic carboxylic acids is 1. The molecule has 0 heterocycles. The Bertz CT molecular complexity index is 1240. The normalized spacial score (nSPS) is 12.9. The smallest absolute Gasteiger partial charge is 0.417 e. The molecule has 5 nitrogen and oxygen atoms in total. The number of carboxylic acids is 1. The first-order valence-corrected chi connectivity index (χ1v) is 11.0. The van der Waals surface area contributed by atoms with Crippen LogP contribution in [0.15, 0.2) is 72.8 Å². The molecule has 0 unspecified atom stereocenters. The van der Waals surface area contributed by atoms with Gasteiger partial charge in [0, 0.05) is 12.5 Å². The number of alkyl halides is 3. The molecule has 3 aromatic rings. The molecule has 0 atom stereocenters. The number of carbonyl (C=O) groups is 2. The Morgan fingerprint density at radius 3 is 2.20 bits per heavy atom. The van der Waals surface area contributed by atoms with Gasteiger partial charge in [0.25, 0.3) is 0 Å². The van der Waals surface area contributed by atoms with Gasteiger partial charge in [0.1, 0.15) is 6.61 Å². The summed E-state index contributed by atoms with van der Waals surface area (Å²) in [5, 5.41) is 11.5. The number of hydrogen-bond donors (Lipinski definition) is 2. The number of rotatable bonds is 7. The van der Waals surface area contributed by atoms with Gasteiger partial charge < -0.3 is 15.2 Å². The predicted octanol–water partition coefficient (Wildman–Crippen LogP) is 6.35. The number of carbonyl (C=O) groups excluding carboxylic acids is 1. The molecule has 4 rings (SSSR count). The number of fused-ring (bicyclic) bond motifs is 3. The molecule has 0 aromatic heterocycles. The van der Waals surface area contributed by atoms with Gasteiger partial charge in [-0.3, -0.25) is 0 Å². The van der Waals surface area contributed by atoms with Gasteiger partial charge in [-0.25, -0.2) is 9.59 Å². The quantitative estimate of drug-likeness (QED) is 0.386. The Morgan fingerprint density at radius 2 is 1.60 bits per heavy atom. The van der Waals surface area contributed by atoms with Crippen LogP contribution in [0, 0.1) is 0 Å². The molecule has 0 aliphatic heterocycles. The number of alkyl carbamates (subject to hydrolysis) is 1. The number of carboxylic acid groups (broad SMARTS) is 1. The lowest BCUT2D eigenvalue weighted by Gasteiger charge is -2.14. The third kappa shape index (κ3) is 5.37. The van der Waals surface area contributed by atoms with Crippen LogP contribution in [0.4, 0.5) is 18.0 Å². The van der Waals surface area contributed by atoms with Crippen molar-refractivity contribution in [1.29, 1.82) is 0 Å². The van der Waals surface area contributed by atoms with Crippen LogP contribution in [0.2, 0.25) is 0 Å². The van der Waals surface area contributed by atoms with Gasteiger partial charge in [-0.05, 0) is 46.4 Å². The zero-order valence-corrected chi connectivity index (χ0v) is 18.5. The minimum atomic E-state index is -4.69. The molecule has 3 aromatic carbocycles. The van der Waals surface area contributed by atoms with Crippen molar-refractivity contribution in [3.05, 3.63) is 101 Å². The zero-order valence-electron chi connectivity index (χ0n) is 18.5. The maximum Gasteiger partial charge on any atom is 0.417 e. The van der Waals surface area contributed by atoms with Crippen molar-refractivity contribution < 1.29 is 32.6 Å². The highest BCUT2D eigenvalue weighted by molar-refractivity contribution is 5.88. The van der Waals surface area contributed by atoms with Crippen LogP contribution in [0.25, 0.3) is 17.2 Å². The highest BCUT2D eigenvalue weighted by Crippen LogP contribution is 2.44. The van der Waals surface area contributed by atoms with E-state index in [1.54, 1.807) is 0 Å². The van der Waals surface area contributed by atoms with E-state index >= 15 is 0 Å². The van der Waals surface area contributed by atoms with Gasteiger partial charge in [-0.1, -0.05) is 66.7 Å². The molecule has 0 bridgehead atoms. The van der Waals surface area contributed by atoms with Gasteiger partial charge in [0.2, 0.25) is 0 Å². The van der Waals surface area contributed by atoms with Crippen LogP contribution in [0.1, 0.15) is 45.0 Å². The highest BCUT2D eigenvalue weighted by Gasteiger charge is 2.33. The summed E-state index contributed by atoms with van der Waals surface area (Å²) in [7, 11) is 0. The number of nitrogens with one attached hydrogen (secondary N) is 1. The van der Waals surface area contributed by atoms with Gasteiger partial charge in [-0.2, -0.15) is 13.2 Å². The largest absolute Gasteiger partial charge is 0.478 e. The van der Waals surface area contributed by atoms with E-state index in [0.29, 0.717) is 6.07 Å². The lowest BCUT2D eigenvalue weighted by molar-refractivity contribution is -0.137. The molecule has 1 amide bonds. The lowest BCUT2D eigenvalue weighted by Crippen LogP contribution is -2.26. The Balaban J connectivity index is 1.31. The van der Waals surface area contributed by atoms with Gasteiger partial charge in [-0.15, -0.1) is 0 Å². The fourth-order valence-electron chi connectivity index (χ4n) is 4.20. The third-order valence-electron chi connectivity index (χ3n) is 5.83. The average molecular weight is 481 g/mol. The van der Waals surface area contributed by atoms with Gasteiger partial charge in [0.15, 0.2) is 0 Å². The number of hydrogen-bond acceptors (Lipinski definition) is 3. The number of ether oxygens (including phenoxy) is 1. The fraction of sp³-hybridized carbons (Fsp3) is 0.185. The van der Waals surface area contributed by atoms with E-state index in [1.165, 1.54) is 12.2 Å². The molecular weight excluding hydrogens is 459 g/mol. The topological polar surface area (TPSA) is 75.6 Å². The van der Waals surface area contributed by atoms with Crippen LogP contribution in [-0.4, -0.2) is 30.3 Å². The van der Waals surface area contributed by atoms with E-state index in [1.807, 2.05) is 48.5 Å². The van der Waals surface area contributed by atoms with Gasteiger partial charge in [0.05, 0.1) is 11.1 Å². The molecule has 8 heteroatoms. The first-order valence-electron chi connectivity index (χ1n) is 11.0. The van der Waals surface area contributed by atoms with E-state index in [9.17, 15) is 22.8 Å². The van der Waals surface area contributed by atoms with E-state index in [0.717, 1.165) is 34.4 Å². The van der Waals surface area contributed by atoms with Crippen molar-refractivity contribution in [2.24, 2.45) is 0 Å². The molecular formula is C27H22F3NO4. The van der Waals surface area contributed by atoms with E-state index < -0.39 is 29.4 Å². The molecule has 0 radical (unpaired) electrons. The van der Waals surface area contributed by atoms with E-state index in [-0.39, 0.29) is 31.1 Å². The second-order valence-corrected chi connectivity index (χ2v) is 8.05. The number of amides is 1. The molecule has 1 aliphatic rings. The SMILES string of the molecule is O=C(NCCC=Cc1ccc(C(=O)O)cc1C(F)(F)F)OCC1c2ccccc2-c2ccccc21. The molecule has 0 fully saturated rings. The van der Waals surface area contributed by atoms with Crippen molar-refractivity contribution in [3.8, 4) is 11.1 Å². The van der Waals surface area contributed by atoms with Crippen LogP contribution < -0.4 is 5.32 Å². The van der Waals surface area contributed by atoms with Crippen LogP contribution in [0.3, 0.4) is 0 Å². The van der Waals surface area contributed by atoms with Crippen LogP contribution in [-0.2, 0) is 10.9 Å². The second-order valence-electron chi connectivity index (χ2n) is 8.05. The number of benzene rings is 3. The Labute approximate surface area is 199 Å². The zero-order chi connectivity index (χ0) is 25.0. The van der Waals surface area contributed by atoms with Crippen molar-refractivity contribution >= 4 is 18.1 Å².